The van der Waals surface area contributed by atoms with E-state index in [9.17, 15) is 4.39 Å². The van der Waals surface area contributed by atoms with Gasteiger partial charge < -0.3 is 15.4 Å². The summed E-state index contributed by atoms with van der Waals surface area (Å²) in [6.45, 7) is 4.14. The molecule has 1 aromatic carbocycles. The van der Waals surface area contributed by atoms with Crippen molar-refractivity contribution in [2.24, 2.45) is 0 Å². The van der Waals surface area contributed by atoms with E-state index >= 15 is 0 Å². The molecule has 0 saturated heterocycles. The summed E-state index contributed by atoms with van der Waals surface area (Å²) in [6, 6.07) is 12.3. The van der Waals surface area contributed by atoms with Crippen molar-refractivity contribution in [2.45, 2.75) is 26.3 Å². The van der Waals surface area contributed by atoms with E-state index in [0.29, 0.717) is 23.1 Å². The van der Waals surface area contributed by atoms with Gasteiger partial charge in [-0.25, -0.2) is 9.37 Å². The van der Waals surface area contributed by atoms with Crippen LogP contribution < -0.4 is 15.4 Å². The molecule has 140 valence electrons. The van der Waals surface area contributed by atoms with Crippen molar-refractivity contribution in [3.63, 3.8) is 0 Å². The van der Waals surface area contributed by atoms with E-state index in [1.54, 1.807) is 24.4 Å². The maximum atomic E-state index is 14.0. The Balaban J connectivity index is 1.95. The van der Waals surface area contributed by atoms with Crippen LogP contribution in [0.4, 0.5) is 21.8 Å². The van der Waals surface area contributed by atoms with Gasteiger partial charge in [-0.2, -0.15) is 4.98 Å². The zero-order valence-corrected chi connectivity index (χ0v) is 15.5. The summed E-state index contributed by atoms with van der Waals surface area (Å²) in [5, 5.41) is 6.40. The summed E-state index contributed by atoms with van der Waals surface area (Å²) in [6.07, 6.45) is 2.65. The van der Waals surface area contributed by atoms with Crippen LogP contribution in [-0.2, 0) is 0 Å². The van der Waals surface area contributed by atoms with Crippen molar-refractivity contribution in [3.8, 4) is 17.1 Å². The maximum Gasteiger partial charge on any atom is 0.225 e. The van der Waals surface area contributed by atoms with Gasteiger partial charge in [0, 0.05) is 30.1 Å². The Morgan fingerprint density at radius 3 is 2.63 bits per heavy atom. The van der Waals surface area contributed by atoms with Gasteiger partial charge in [0.15, 0.2) is 11.6 Å². The molecular weight excluding hydrogens is 345 g/mol. The third kappa shape index (κ3) is 4.69. The number of halogens is 1. The minimum atomic E-state index is -0.445. The Kier molecular flexibility index (Phi) is 5.80. The first-order valence-corrected chi connectivity index (χ1v) is 8.76. The molecule has 6 nitrogen and oxygen atoms in total. The van der Waals surface area contributed by atoms with E-state index in [1.807, 2.05) is 18.2 Å². The number of rotatable bonds is 7. The predicted octanol–water partition coefficient (Wildman–Crippen LogP) is 4.64. The van der Waals surface area contributed by atoms with Crippen LogP contribution in [0.5, 0.6) is 5.75 Å². The van der Waals surface area contributed by atoms with E-state index in [1.165, 1.54) is 13.2 Å². The van der Waals surface area contributed by atoms with E-state index < -0.39 is 5.82 Å². The fraction of sp³-hybridized carbons (Fsp3) is 0.250. The zero-order chi connectivity index (χ0) is 19.2. The lowest BCUT2D eigenvalue weighted by atomic mass is 10.2. The van der Waals surface area contributed by atoms with Gasteiger partial charge in [0.05, 0.1) is 18.5 Å². The first-order chi connectivity index (χ1) is 13.1. The molecule has 0 fully saturated rings. The van der Waals surface area contributed by atoms with Gasteiger partial charge >= 0.3 is 0 Å². The summed E-state index contributed by atoms with van der Waals surface area (Å²) in [4.78, 5) is 13.4. The Hall–Kier alpha value is -3.22. The van der Waals surface area contributed by atoms with Crippen LogP contribution in [0.1, 0.15) is 20.3 Å². The van der Waals surface area contributed by atoms with Gasteiger partial charge in [-0.05, 0) is 37.6 Å². The minimum Gasteiger partial charge on any atom is -0.494 e. The van der Waals surface area contributed by atoms with Crippen molar-refractivity contribution in [1.29, 1.82) is 0 Å². The summed E-state index contributed by atoms with van der Waals surface area (Å²) in [5.41, 5.74) is 1.97. The van der Waals surface area contributed by atoms with Crippen LogP contribution in [-0.4, -0.2) is 28.1 Å². The zero-order valence-electron chi connectivity index (χ0n) is 15.5. The summed E-state index contributed by atoms with van der Waals surface area (Å²) in [7, 11) is 1.43. The highest BCUT2D eigenvalue weighted by Crippen LogP contribution is 2.25. The molecule has 0 amide bonds. The highest BCUT2D eigenvalue weighted by Gasteiger charge is 2.11. The Bertz CT molecular complexity index is 904. The van der Waals surface area contributed by atoms with Crippen molar-refractivity contribution >= 4 is 17.5 Å². The van der Waals surface area contributed by atoms with Gasteiger partial charge in [0.1, 0.15) is 5.82 Å². The van der Waals surface area contributed by atoms with Crippen molar-refractivity contribution < 1.29 is 9.13 Å². The smallest absolute Gasteiger partial charge is 0.225 e. The standard InChI is InChI=1S/C20H22FN5O/c1-4-13(2)23-20-25-17(16-7-5-6-10-22-16)12-19(26-20)24-14-8-9-18(27-3)15(21)11-14/h5-13H,4H2,1-3H3,(H2,23,24,25,26)/t13-/m0/s1. The second-order valence-electron chi connectivity index (χ2n) is 6.10. The number of hydrogen-bond acceptors (Lipinski definition) is 6. The molecule has 2 N–H and O–H groups in total. The van der Waals surface area contributed by atoms with Crippen molar-refractivity contribution in [2.75, 3.05) is 17.7 Å². The van der Waals surface area contributed by atoms with Gasteiger partial charge in [0.2, 0.25) is 5.95 Å². The third-order valence-electron chi connectivity index (χ3n) is 4.07. The monoisotopic (exact) mass is 367 g/mol. The summed E-state index contributed by atoms with van der Waals surface area (Å²) < 4.78 is 18.9. The molecule has 0 aliphatic carbocycles. The van der Waals surface area contributed by atoms with E-state index in [-0.39, 0.29) is 11.8 Å². The number of benzene rings is 1. The van der Waals surface area contributed by atoms with Crippen molar-refractivity contribution in [1.82, 2.24) is 15.0 Å². The molecule has 3 rings (SSSR count). The quantitative estimate of drug-likeness (QED) is 0.634. The number of ether oxygens (including phenoxy) is 1. The molecule has 0 aliphatic rings. The lowest BCUT2D eigenvalue weighted by Crippen LogP contribution is -2.16. The van der Waals surface area contributed by atoms with Crippen LogP contribution >= 0.6 is 0 Å². The molecule has 1 atom stereocenters. The molecule has 27 heavy (non-hydrogen) atoms. The first-order valence-electron chi connectivity index (χ1n) is 8.76. The lowest BCUT2D eigenvalue weighted by Gasteiger charge is -2.14. The number of methoxy groups -OCH3 is 1. The Morgan fingerprint density at radius 1 is 1.11 bits per heavy atom. The number of nitrogens with one attached hydrogen (secondary N) is 2. The van der Waals surface area contributed by atoms with E-state index in [2.05, 4.69) is 39.4 Å². The second-order valence-corrected chi connectivity index (χ2v) is 6.10. The summed E-state index contributed by atoms with van der Waals surface area (Å²) in [5.74, 6) is 0.779. The Morgan fingerprint density at radius 2 is 1.96 bits per heavy atom. The normalized spacial score (nSPS) is 11.7. The highest BCUT2D eigenvalue weighted by atomic mass is 19.1. The predicted molar refractivity (Wildman–Crippen MR) is 105 cm³/mol. The van der Waals surface area contributed by atoms with Crippen LogP contribution in [0.25, 0.3) is 11.4 Å². The number of aromatic nitrogens is 3. The highest BCUT2D eigenvalue weighted by molar-refractivity contribution is 5.65. The van der Waals surface area contributed by atoms with Crippen LogP contribution in [0.15, 0.2) is 48.7 Å². The van der Waals surface area contributed by atoms with E-state index in [0.717, 1.165) is 12.1 Å². The fourth-order valence-corrected chi connectivity index (χ4v) is 2.44. The molecule has 2 aromatic heterocycles. The van der Waals surface area contributed by atoms with E-state index in [4.69, 9.17) is 4.74 Å². The van der Waals surface area contributed by atoms with Gasteiger partial charge in [-0.1, -0.05) is 13.0 Å². The SMILES string of the molecule is CC[C@H](C)Nc1nc(Nc2ccc(OC)c(F)c2)cc(-c2ccccn2)n1. The fourth-order valence-electron chi connectivity index (χ4n) is 2.44. The van der Waals surface area contributed by atoms with Crippen LogP contribution in [0, 0.1) is 5.82 Å². The third-order valence-corrected chi connectivity index (χ3v) is 4.07. The van der Waals surface area contributed by atoms with Gasteiger partial charge in [0.25, 0.3) is 0 Å². The minimum absolute atomic E-state index is 0.191. The molecule has 3 aromatic rings. The Labute approximate surface area is 157 Å². The molecule has 0 spiro atoms. The topological polar surface area (TPSA) is 72.0 Å². The molecule has 0 aliphatic heterocycles. The number of nitrogens with zero attached hydrogens (tertiary/aromatic N) is 3. The molecule has 0 radical (unpaired) electrons. The molecule has 0 unspecified atom stereocenters. The summed E-state index contributed by atoms with van der Waals surface area (Å²) >= 11 is 0. The molecule has 7 heteroatoms. The number of hydrogen-bond donors (Lipinski definition) is 2. The first kappa shape index (κ1) is 18.6. The van der Waals surface area contributed by atoms with Gasteiger partial charge in [-0.15, -0.1) is 0 Å². The van der Waals surface area contributed by atoms with Gasteiger partial charge in [-0.3, -0.25) is 4.98 Å². The second kappa shape index (κ2) is 8.44. The maximum absolute atomic E-state index is 14.0. The number of pyridine rings is 1. The molecule has 0 saturated carbocycles. The largest absolute Gasteiger partial charge is 0.494 e. The molecular formula is C20H22FN5O. The average molecular weight is 367 g/mol. The van der Waals surface area contributed by atoms with Crippen molar-refractivity contribution in [3.05, 3.63) is 54.5 Å². The average Bonchev–Trinajstić information content (AvgIpc) is 2.68. The number of anilines is 3. The lowest BCUT2D eigenvalue weighted by molar-refractivity contribution is 0.386. The van der Waals surface area contributed by atoms with Crippen LogP contribution in [0.2, 0.25) is 0 Å². The molecule has 0 bridgehead atoms. The van der Waals surface area contributed by atoms with Crippen LogP contribution in [0.3, 0.4) is 0 Å². The molecule has 2 heterocycles.